The number of carbonyl (C=O) groups is 2. The van der Waals surface area contributed by atoms with E-state index in [1.165, 1.54) is 16.7 Å². The molecule has 0 aliphatic carbocycles. The van der Waals surface area contributed by atoms with Crippen molar-refractivity contribution in [2.45, 2.75) is 32.1 Å². The van der Waals surface area contributed by atoms with Crippen LogP contribution in [0.3, 0.4) is 0 Å². The van der Waals surface area contributed by atoms with Crippen LogP contribution in [-0.2, 0) is 9.59 Å². The van der Waals surface area contributed by atoms with Crippen LogP contribution in [0.15, 0.2) is 82.6 Å². The number of nitrogens with zero attached hydrogens (tertiary/aromatic N) is 1. The summed E-state index contributed by atoms with van der Waals surface area (Å²) in [4.78, 5) is 29.8. The van der Waals surface area contributed by atoms with E-state index in [0.717, 1.165) is 28.0 Å². The summed E-state index contributed by atoms with van der Waals surface area (Å²) >= 11 is 1.33. The van der Waals surface area contributed by atoms with Gasteiger partial charge in [-0.3, -0.25) is 9.59 Å². The molecular weight excluding hydrogens is 418 g/mol. The minimum absolute atomic E-state index is 0.315. The monoisotopic (exact) mass is 443 g/mol. The minimum Gasteiger partial charge on any atom is -0.494 e. The smallest absolute Gasteiger partial charge is 0.272 e. The number of hydrogen-bond acceptors (Lipinski definition) is 4. The van der Waals surface area contributed by atoms with Crippen molar-refractivity contribution in [2.24, 2.45) is 0 Å². The lowest BCUT2D eigenvalue weighted by Crippen LogP contribution is -2.31. The maximum Gasteiger partial charge on any atom is 0.272 e. The van der Waals surface area contributed by atoms with Crippen LogP contribution >= 0.6 is 11.8 Å². The average Bonchev–Trinajstić information content (AvgIpc) is 3.04. The predicted molar refractivity (Wildman–Crippen MR) is 130 cm³/mol. The Hall–Kier alpha value is -3.31. The van der Waals surface area contributed by atoms with Gasteiger partial charge < -0.3 is 4.74 Å². The first-order valence-electron chi connectivity index (χ1n) is 10.7. The standard InChI is InChI=1S/C27H25NO3S/c1-4-15-31-22-10-8-9-21(17-22)28-26(29)24(20-14-13-18(2)19(3)16-20)25(27(28)30)32-23-11-6-5-7-12-23/h5-14,16-17H,4,15H2,1-3H3. The van der Waals surface area contributed by atoms with Gasteiger partial charge in [-0.1, -0.05) is 61.2 Å². The zero-order valence-electron chi connectivity index (χ0n) is 18.4. The predicted octanol–water partition coefficient (Wildman–Crippen LogP) is 6.17. The van der Waals surface area contributed by atoms with E-state index in [0.29, 0.717) is 28.5 Å². The van der Waals surface area contributed by atoms with Crippen molar-refractivity contribution in [2.75, 3.05) is 11.5 Å². The molecule has 1 aliphatic heterocycles. The second kappa shape index (κ2) is 9.45. The van der Waals surface area contributed by atoms with E-state index < -0.39 is 0 Å². The summed E-state index contributed by atoms with van der Waals surface area (Å²) in [6, 6.07) is 22.7. The molecule has 0 unspecified atom stereocenters. The first-order valence-corrected chi connectivity index (χ1v) is 11.5. The van der Waals surface area contributed by atoms with Crippen LogP contribution in [-0.4, -0.2) is 18.4 Å². The molecule has 0 bridgehead atoms. The number of thioether (sulfide) groups is 1. The van der Waals surface area contributed by atoms with Gasteiger partial charge in [-0.15, -0.1) is 0 Å². The molecule has 2 amide bonds. The molecular formula is C27H25NO3S. The van der Waals surface area contributed by atoms with Gasteiger partial charge in [0.25, 0.3) is 11.8 Å². The molecule has 0 saturated heterocycles. The fourth-order valence-electron chi connectivity index (χ4n) is 3.53. The van der Waals surface area contributed by atoms with E-state index in [1.54, 1.807) is 18.2 Å². The largest absolute Gasteiger partial charge is 0.494 e. The maximum atomic E-state index is 13.6. The Morgan fingerprint density at radius 1 is 0.844 bits per heavy atom. The maximum absolute atomic E-state index is 13.6. The van der Waals surface area contributed by atoms with Crippen LogP contribution in [0.1, 0.15) is 30.0 Å². The lowest BCUT2D eigenvalue weighted by molar-refractivity contribution is -0.119. The molecule has 162 valence electrons. The van der Waals surface area contributed by atoms with Crippen molar-refractivity contribution < 1.29 is 14.3 Å². The molecule has 0 N–H and O–H groups in total. The molecule has 0 radical (unpaired) electrons. The molecule has 0 saturated carbocycles. The SMILES string of the molecule is CCCOc1cccc(N2C(=O)C(Sc3ccccc3)=C(c3ccc(C)c(C)c3)C2=O)c1. The number of imide groups is 1. The molecule has 4 nitrogen and oxygen atoms in total. The van der Waals surface area contributed by atoms with Gasteiger partial charge in [0.1, 0.15) is 5.75 Å². The van der Waals surface area contributed by atoms with Crippen molar-refractivity contribution >= 4 is 34.8 Å². The molecule has 0 fully saturated rings. The fourth-order valence-corrected chi connectivity index (χ4v) is 4.54. The summed E-state index contributed by atoms with van der Waals surface area (Å²) in [6.45, 7) is 6.65. The molecule has 3 aromatic carbocycles. The second-order valence-electron chi connectivity index (χ2n) is 7.71. The van der Waals surface area contributed by atoms with Gasteiger partial charge in [0.05, 0.1) is 22.8 Å². The number of carbonyl (C=O) groups excluding carboxylic acids is 2. The Bertz CT molecular complexity index is 1200. The van der Waals surface area contributed by atoms with Crippen molar-refractivity contribution in [3.05, 3.63) is 94.4 Å². The molecule has 1 aliphatic rings. The van der Waals surface area contributed by atoms with Crippen molar-refractivity contribution in [1.29, 1.82) is 0 Å². The van der Waals surface area contributed by atoms with E-state index in [4.69, 9.17) is 4.74 Å². The van der Waals surface area contributed by atoms with Crippen LogP contribution in [0.5, 0.6) is 5.75 Å². The van der Waals surface area contributed by atoms with Crippen LogP contribution in [0.25, 0.3) is 5.57 Å². The summed E-state index contributed by atoms with van der Waals surface area (Å²) in [5, 5.41) is 0. The highest BCUT2D eigenvalue weighted by atomic mass is 32.2. The molecule has 0 atom stereocenters. The highest BCUT2D eigenvalue weighted by Gasteiger charge is 2.40. The van der Waals surface area contributed by atoms with Gasteiger partial charge in [0, 0.05) is 11.0 Å². The van der Waals surface area contributed by atoms with Crippen molar-refractivity contribution in [3.8, 4) is 5.75 Å². The lowest BCUT2D eigenvalue weighted by atomic mass is 10.0. The van der Waals surface area contributed by atoms with Crippen molar-refractivity contribution in [1.82, 2.24) is 0 Å². The first kappa shape index (κ1) is 21.9. The molecule has 5 heteroatoms. The summed E-state index contributed by atoms with van der Waals surface area (Å²) in [5.74, 6) is 0.0101. The third-order valence-corrected chi connectivity index (χ3v) is 6.44. The van der Waals surface area contributed by atoms with Gasteiger partial charge in [0.2, 0.25) is 0 Å². The third-order valence-electron chi connectivity index (χ3n) is 5.35. The molecule has 32 heavy (non-hydrogen) atoms. The second-order valence-corrected chi connectivity index (χ2v) is 8.79. The summed E-state index contributed by atoms with van der Waals surface area (Å²) in [5.41, 5.74) is 3.92. The van der Waals surface area contributed by atoms with E-state index in [2.05, 4.69) is 0 Å². The average molecular weight is 444 g/mol. The quantitative estimate of drug-likeness (QED) is 0.410. The summed E-state index contributed by atoms with van der Waals surface area (Å²) in [7, 11) is 0. The van der Waals surface area contributed by atoms with E-state index in [9.17, 15) is 9.59 Å². The fraction of sp³-hybridized carbons (Fsp3) is 0.185. The number of rotatable bonds is 7. The van der Waals surface area contributed by atoms with Crippen molar-refractivity contribution in [3.63, 3.8) is 0 Å². The Balaban J connectivity index is 1.78. The summed E-state index contributed by atoms with van der Waals surface area (Å²) in [6.07, 6.45) is 0.877. The Morgan fingerprint density at radius 2 is 1.62 bits per heavy atom. The van der Waals surface area contributed by atoms with Crippen LogP contribution < -0.4 is 9.64 Å². The zero-order chi connectivity index (χ0) is 22.7. The topological polar surface area (TPSA) is 46.6 Å². The first-order chi connectivity index (χ1) is 15.5. The normalized spacial score (nSPS) is 13.8. The number of aryl methyl sites for hydroxylation is 2. The van der Waals surface area contributed by atoms with Gasteiger partial charge >= 0.3 is 0 Å². The Labute approximate surface area is 192 Å². The lowest BCUT2D eigenvalue weighted by Gasteiger charge is -2.16. The van der Waals surface area contributed by atoms with Gasteiger partial charge in [-0.25, -0.2) is 4.90 Å². The molecule has 3 aromatic rings. The Kier molecular flexibility index (Phi) is 6.47. The third kappa shape index (κ3) is 4.34. The van der Waals surface area contributed by atoms with Crippen LogP contribution in [0.2, 0.25) is 0 Å². The van der Waals surface area contributed by atoms with Crippen LogP contribution in [0, 0.1) is 13.8 Å². The van der Waals surface area contributed by atoms with Crippen LogP contribution in [0.4, 0.5) is 5.69 Å². The minimum atomic E-state index is -0.315. The molecule has 1 heterocycles. The summed E-state index contributed by atoms with van der Waals surface area (Å²) < 4.78 is 5.72. The highest BCUT2D eigenvalue weighted by molar-refractivity contribution is 8.04. The number of anilines is 1. The number of hydrogen-bond donors (Lipinski definition) is 0. The van der Waals surface area contributed by atoms with Gasteiger partial charge in [-0.2, -0.15) is 0 Å². The number of benzene rings is 3. The molecule has 0 aromatic heterocycles. The highest BCUT2D eigenvalue weighted by Crippen LogP contribution is 2.42. The molecule has 4 rings (SSSR count). The zero-order valence-corrected chi connectivity index (χ0v) is 19.2. The van der Waals surface area contributed by atoms with E-state index in [1.807, 2.05) is 75.4 Å². The van der Waals surface area contributed by atoms with E-state index in [-0.39, 0.29) is 11.8 Å². The number of ether oxygens (including phenoxy) is 1. The van der Waals surface area contributed by atoms with Gasteiger partial charge in [0.15, 0.2) is 0 Å². The Morgan fingerprint density at radius 3 is 2.34 bits per heavy atom. The van der Waals surface area contributed by atoms with E-state index >= 15 is 0 Å². The number of amides is 2. The molecule has 0 spiro atoms. The van der Waals surface area contributed by atoms with Gasteiger partial charge in [-0.05, 0) is 61.2 Å².